The maximum Gasteiger partial charge on any atom is 0.306 e. The summed E-state index contributed by atoms with van der Waals surface area (Å²) in [6.07, 6.45) is 5.14. The van der Waals surface area contributed by atoms with Crippen molar-refractivity contribution in [1.29, 1.82) is 0 Å². The van der Waals surface area contributed by atoms with Gasteiger partial charge in [-0.2, -0.15) is 0 Å². The Kier molecular flexibility index (Phi) is 4.83. The molecule has 1 aromatic rings. The molecule has 2 N–H and O–H groups in total. The number of rotatable bonds is 4. The summed E-state index contributed by atoms with van der Waals surface area (Å²) in [5.41, 5.74) is 7.91. The van der Waals surface area contributed by atoms with Gasteiger partial charge in [0, 0.05) is 12.1 Å². The predicted octanol–water partition coefficient (Wildman–Crippen LogP) is 3.50. The number of benzene rings is 1. The average Bonchev–Trinajstić information content (AvgIpc) is 2.41. The van der Waals surface area contributed by atoms with Crippen LogP contribution in [0, 0.1) is 5.92 Å². The van der Waals surface area contributed by atoms with E-state index in [1.54, 1.807) is 0 Å². The van der Waals surface area contributed by atoms with Crippen LogP contribution in [0.1, 0.15) is 50.5 Å². The maximum atomic E-state index is 11.5. The highest BCUT2D eigenvalue weighted by Gasteiger charge is 2.24. The van der Waals surface area contributed by atoms with Gasteiger partial charge in [-0.25, -0.2) is 0 Å². The van der Waals surface area contributed by atoms with Crippen LogP contribution in [0.15, 0.2) is 24.3 Å². The normalized spacial score (nSPS) is 23.0. The summed E-state index contributed by atoms with van der Waals surface area (Å²) in [7, 11) is 0. The third kappa shape index (κ3) is 3.98. The van der Waals surface area contributed by atoms with E-state index in [-0.39, 0.29) is 5.97 Å². The van der Waals surface area contributed by atoms with Gasteiger partial charge in [-0.15, -0.1) is 0 Å². The topological polar surface area (TPSA) is 52.3 Å². The number of hydrogen-bond acceptors (Lipinski definition) is 3. The van der Waals surface area contributed by atoms with E-state index in [9.17, 15) is 4.79 Å². The SMILES string of the molecule is CCOC(=O)C[C@H]1CC[C@@H](c2ccc(N)cc2)CC1. The molecule has 0 amide bonds. The van der Waals surface area contributed by atoms with Crippen molar-refractivity contribution in [3.05, 3.63) is 29.8 Å². The first-order chi connectivity index (χ1) is 9.19. The molecule has 0 bridgehead atoms. The Labute approximate surface area is 115 Å². The van der Waals surface area contributed by atoms with Gasteiger partial charge in [0.05, 0.1) is 6.61 Å². The highest BCUT2D eigenvalue weighted by molar-refractivity contribution is 5.69. The van der Waals surface area contributed by atoms with Crippen LogP contribution in [0.5, 0.6) is 0 Å². The van der Waals surface area contributed by atoms with Crippen LogP contribution in [0.3, 0.4) is 0 Å². The number of hydrogen-bond donors (Lipinski definition) is 1. The highest BCUT2D eigenvalue weighted by atomic mass is 16.5. The molecule has 0 unspecified atom stereocenters. The molecule has 0 spiro atoms. The molecule has 1 saturated carbocycles. The first-order valence-corrected chi connectivity index (χ1v) is 7.20. The van der Waals surface area contributed by atoms with Gasteiger partial charge in [0.1, 0.15) is 0 Å². The van der Waals surface area contributed by atoms with Crippen LogP contribution in [0.2, 0.25) is 0 Å². The molecule has 0 heterocycles. The van der Waals surface area contributed by atoms with Crippen LogP contribution in [0.25, 0.3) is 0 Å². The molecule has 1 fully saturated rings. The van der Waals surface area contributed by atoms with E-state index >= 15 is 0 Å². The fraction of sp³-hybridized carbons (Fsp3) is 0.562. The van der Waals surface area contributed by atoms with Crippen LogP contribution in [-0.4, -0.2) is 12.6 Å². The summed E-state index contributed by atoms with van der Waals surface area (Å²) < 4.78 is 5.02. The minimum absolute atomic E-state index is 0.0431. The second kappa shape index (κ2) is 6.60. The van der Waals surface area contributed by atoms with Gasteiger partial charge in [0.25, 0.3) is 0 Å². The average molecular weight is 261 g/mol. The lowest BCUT2D eigenvalue weighted by Gasteiger charge is -2.28. The molecule has 1 aromatic carbocycles. The third-order valence-corrected chi connectivity index (χ3v) is 4.02. The van der Waals surface area contributed by atoms with Crippen molar-refractivity contribution in [3.8, 4) is 0 Å². The summed E-state index contributed by atoms with van der Waals surface area (Å²) in [5.74, 6) is 1.08. The maximum absolute atomic E-state index is 11.5. The Bertz CT molecular complexity index is 405. The Morgan fingerprint density at radius 2 is 1.84 bits per heavy atom. The number of carbonyl (C=O) groups is 1. The number of esters is 1. The zero-order chi connectivity index (χ0) is 13.7. The van der Waals surface area contributed by atoms with Crippen LogP contribution in [-0.2, 0) is 9.53 Å². The molecule has 0 aromatic heterocycles. The van der Waals surface area contributed by atoms with Gasteiger partial charge in [-0.1, -0.05) is 12.1 Å². The van der Waals surface area contributed by atoms with Crippen LogP contribution >= 0.6 is 0 Å². The van der Waals surface area contributed by atoms with E-state index < -0.39 is 0 Å². The van der Waals surface area contributed by atoms with Crippen molar-refractivity contribution >= 4 is 11.7 Å². The minimum atomic E-state index is -0.0431. The Morgan fingerprint density at radius 1 is 1.21 bits per heavy atom. The smallest absolute Gasteiger partial charge is 0.306 e. The molecule has 0 aliphatic heterocycles. The van der Waals surface area contributed by atoms with Crippen LogP contribution in [0.4, 0.5) is 5.69 Å². The number of ether oxygens (including phenoxy) is 1. The lowest BCUT2D eigenvalue weighted by Crippen LogP contribution is -2.17. The molecule has 3 heteroatoms. The van der Waals surface area contributed by atoms with Gasteiger partial charge in [-0.05, 0) is 62.1 Å². The van der Waals surface area contributed by atoms with E-state index in [0.29, 0.717) is 24.9 Å². The summed E-state index contributed by atoms with van der Waals surface area (Å²) >= 11 is 0. The zero-order valence-electron chi connectivity index (χ0n) is 11.6. The van der Waals surface area contributed by atoms with E-state index in [0.717, 1.165) is 31.4 Å². The highest BCUT2D eigenvalue weighted by Crippen LogP contribution is 2.37. The summed E-state index contributed by atoms with van der Waals surface area (Å²) in [6.45, 7) is 2.34. The zero-order valence-corrected chi connectivity index (χ0v) is 11.6. The van der Waals surface area contributed by atoms with Gasteiger partial charge in [0.15, 0.2) is 0 Å². The standard InChI is InChI=1S/C16H23NO2/c1-2-19-16(18)11-12-3-5-13(6-4-12)14-7-9-15(17)10-8-14/h7-10,12-13H,2-6,11,17H2,1H3/t12-,13+. The monoisotopic (exact) mass is 261 g/mol. The lowest BCUT2D eigenvalue weighted by atomic mass is 9.77. The minimum Gasteiger partial charge on any atom is -0.466 e. The lowest BCUT2D eigenvalue weighted by molar-refractivity contribution is -0.144. The van der Waals surface area contributed by atoms with E-state index in [1.165, 1.54) is 5.56 Å². The fourth-order valence-corrected chi connectivity index (χ4v) is 2.92. The predicted molar refractivity (Wildman–Crippen MR) is 76.8 cm³/mol. The van der Waals surface area contributed by atoms with Crippen LogP contribution < -0.4 is 5.73 Å². The number of nitrogen functional groups attached to an aromatic ring is 1. The number of carbonyl (C=O) groups excluding carboxylic acids is 1. The Morgan fingerprint density at radius 3 is 2.42 bits per heavy atom. The van der Waals surface area contributed by atoms with Crippen molar-refractivity contribution < 1.29 is 9.53 Å². The van der Waals surface area contributed by atoms with Crippen molar-refractivity contribution in [1.82, 2.24) is 0 Å². The van der Waals surface area contributed by atoms with Crippen molar-refractivity contribution in [2.45, 2.75) is 44.9 Å². The second-order valence-corrected chi connectivity index (χ2v) is 5.39. The molecule has 1 aliphatic rings. The fourth-order valence-electron chi connectivity index (χ4n) is 2.92. The summed E-state index contributed by atoms with van der Waals surface area (Å²) in [6, 6.07) is 8.21. The summed E-state index contributed by atoms with van der Waals surface area (Å²) in [5, 5.41) is 0. The molecule has 0 saturated heterocycles. The number of nitrogens with two attached hydrogens (primary N) is 1. The van der Waals surface area contributed by atoms with Crippen molar-refractivity contribution in [2.75, 3.05) is 12.3 Å². The molecule has 0 atom stereocenters. The second-order valence-electron chi connectivity index (χ2n) is 5.39. The molecular formula is C16H23NO2. The molecule has 3 nitrogen and oxygen atoms in total. The summed E-state index contributed by atoms with van der Waals surface area (Å²) in [4.78, 5) is 11.5. The van der Waals surface area contributed by atoms with Gasteiger partial charge in [-0.3, -0.25) is 4.79 Å². The van der Waals surface area contributed by atoms with E-state index in [4.69, 9.17) is 10.5 Å². The molecule has 104 valence electrons. The van der Waals surface area contributed by atoms with Crippen molar-refractivity contribution in [3.63, 3.8) is 0 Å². The molecule has 2 rings (SSSR count). The molecule has 1 aliphatic carbocycles. The van der Waals surface area contributed by atoms with Gasteiger partial charge < -0.3 is 10.5 Å². The van der Waals surface area contributed by atoms with E-state index in [1.807, 2.05) is 19.1 Å². The number of anilines is 1. The first-order valence-electron chi connectivity index (χ1n) is 7.20. The van der Waals surface area contributed by atoms with Gasteiger partial charge in [0.2, 0.25) is 0 Å². The first kappa shape index (κ1) is 13.9. The quantitative estimate of drug-likeness (QED) is 0.666. The molecular weight excluding hydrogens is 238 g/mol. The molecule has 0 radical (unpaired) electrons. The Balaban J connectivity index is 1.82. The molecule has 19 heavy (non-hydrogen) atoms. The van der Waals surface area contributed by atoms with Gasteiger partial charge >= 0.3 is 5.97 Å². The third-order valence-electron chi connectivity index (χ3n) is 4.02. The largest absolute Gasteiger partial charge is 0.466 e. The van der Waals surface area contributed by atoms with Crippen molar-refractivity contribution in [2.24, 2.45) is 5.92 Å². The van der Waals surface area contributed by atoms with E-state index in [2.05, 4.69) is 12.1 Å². The Hall–Kier alpha value is -1.51.